The molecule has 3 nitrogen and oxygen atoms in total. The molecule has 0 saturated carbocycles. The van der Waals surface area contributed by atoms with Gasteiger partial charge in [-0.05, 0) is 56.3 Å². The predicted octanol–water partition coefficient (Wildman–Crippen LogP) is 5.80. The molecule has 0 radical (unpaired) electrons. The van der Waals surface area contributed by atoms with Crippen LogP contribution in [0.25, 0.3) is 0 Å². The van der Waals surface area contributed by atoms with Crippen molar-refractivity contribution < 1.29 is 4.74 Å². The SMILES string of the molecule is CCN1CCCC1CNCc1cc(Cl)ccc1OCc1ccc(Cl)cc1Cl. The fourth-order valence-corrected chi connectivity index (χ4v) is 4.20. The van der Waals surface area contributed by atoms with Crippen LogP contribution in [-0.4, -0.2) is 30.6 Å². The van der Waals surface area contributed by atoms with Gasteiger partial charge in [-0.2, -0.15) is 0 Å². The maximum absolute atomic E-state index is 6.24. The van der Waals surface area contributed by atoms with Crippen LogP contribution in [0.2, 0.25) is 15.1 Å². The summed E-state index contributed by atoms with van der Waals surface area (Å²) < 4.78 is 6.03. The molecule has 1 aliphatic heterocycles. The Labute approximate surface area is 176 Å². The van der Waals surface area contributed by atoms with Crippen molar-refractivity contribution in [2.24, 2.45) is 0 Å². The van der Waals surface area contributed by atoms with Crippen LogP contribution in [0.5, 0.6) is 5.75 Å². The van der Waals surface area contributed by atoms with Gasteiger partial charge in [-0.15, -0.1) is 0 Å². The van der Waals surface area contributed by atoms with Crippen LogP contribution in [0.4, 0.5) is 0 Å². The van der Waals surface area contributed by atoms with E-state index in [2.05, 4.69) is 17.1 Å². The molecule has 0 aromatic heterocycles. The molecule has 1 saturated heterocycles. The Kier molecular flexibility index (Phi) is 7.68. The van der Waals surface area contributed by atoms with Crippen LogP contribution in [0.3, 0.4) is 0 Å². The van der Waals surface area contributed by atoms with Gasteiger partial charge in [0.15, 0.2) is 0 Å². The van der Waals surface area contributed by atoms with Gasteiger partial charge in [0, 0.05) is 45.3 Å². The molecule has 2 aromatic carbocycles. The molecule has 1 atom stereocenters. The van der Waals surface area contributed by atoms with Gasteiger partial charge in [0.25, 0.3) is 0 Å². The lowest BCUT2D eigenvalue weighted by Gasteiger charge is -2.23. The van der Waals surface area contributed by atoms with Gasteiger partial charge < -0.3 is 10.1 Å². The molecule has 0 aliphatic carbocycles. The third-order valence-corrected chi connectivity index (χ3v) is 5.84. The van der Waals surface area contributed by atoms with Crippen LogP contribution >= 0.6 is 34.8 Å². The number of hydrogen-bond donors (Lipinski definition) is 1. The normalized spacial score (nSPS) is 17.4. The second kappa shape index (κ2) is 9.99. The van der Waals surface area contributed by atoms with Crippen LogP contribution in [-0.2, 0) is 13.2 Å². The van der Waals surface area contributed by atoms with E-state index in [-0.39, 0.29) is 0 Å². The van der Waals surface area contributed by atoms with Gasteiger partial charge in [-0.3, -0.25) is 4.90 Å². The number of ether oxygens (including phenoxy) is 1. The van der Waals surface area contributed by atoms with Gasteiger partial charge in [-0.1, -0.05) is 47.8 Å². The minimum atomic E-state index is 0.386. The number of rotatable bonds is 8. The standard InChI is InChI=1S/C21H25Cl3N2O/c1-2-26-9-3-4-19(26)13-25-12-16-10-17(22)7-8-21(16)27-14-15-5-6-18(23)11-20(15)24/h5-8,10-11,19,25H,2-4,9,12-14H2,1H3. The molecule has 1 heterocycles. The molecule has 0 amide bonds. The van der Waals surface area contributed by atoms with E-state index in [0.29, 0.717) is 27.7 Å². The van der Waals surface area contributed by atoms with Gasteiger partial charge >= 0.3 is 0 Å². The largest absolute Gasteiger partial charge is 0.489 e. The summed E-state index contributed by atoms with van der Waals surface area (Å²) in [6.07, 6.45) is 2.54. The molecular formula is C21H25Cl3N2O. The molecule has 6 heteroatoms. The highest BCUT2D eigenvalue weighted by molar-refractivity contribution is 6.35. The fraction of sp³-hybridized carbons (Fsp3) is 0.429. The molecule has 2 aromatic rings. The molecule has 0 bridgehead atoms. The second-order valence-corrected chi connectivity index (χ2v) is 8.11. The Morgan fingerprint density at radius 3 is 2.63 bits per heavy atom. The first-order chi connectivity index (χ1) is 13.1. The Morgan fingerprint density at radius 1 is 1.07 bits per heavy atom. The summed E-state index contributed by atoms with van der Waals surface area (Å²) in [5.41, 5.74) is 1.95. The number of nitrogens with one attached hydrogen (secondary N) is 1. The van der Waals surface area contributed by atoms with Gasteiger partial charge in [0.1, 0.15) is 12.4 Å². The maximum atomic E-state index is 6.24. The number of benzene rings is 2. The number of likely N-dealkylation sites (N-methyl/N-ethyl adjacent to an activating group) is 1. The molecule has 1 fully saturated rings. The van der Waals surface area contributed by atoms with Crippen molar-refractivity contribution in [1.29, 1.82) is 0 Å². The van der Waals surface area contributed by atoms with Crippen LogP contribution in [0.1, 0.15) is 30.9 Å². The third-order valence-electron chi connectivity index (χ3n) is 5.02. The summed E-state index contributed by atoms with van der Waals surface area (Å²) in [5.74, 6) is 0.816. The summed E-state index contributed by atoms with van der Waals surface area (Å²) in [7, 11) is 0. The van der Waals surface area contributed by atoms with Crippen LogP contribution in [0, 0.1) is 0 Å². The zero-order valence-corrected chi connectivity index (χ0v) is 17.7. The van der Waals surface area contributed by atoms with E-state index >= 15 is 0 Å². The van der Waals surface area contributed by atoms with Crippen molar-refractivity contribution in [2.45, 2.75) is 39.0 Å². The highest BCUT2D eigenvalue weighted by Gasteiger charge is 2.22. The highest BCUT2D eigenvalue weighted by Crippen LogP contribution is 2.26. The zero-order chi connectivity index (χ0) is 19.2. The highest BCUT2D eigenvalue weighted by atomic mass is 35.5. The summed E-state index contributed by atoms with van der Waals surface area (Å²) in [6.45, 7) is 6.62. The molecule has 1 N–H and O–H groups in total. The molecule has 0 spiro atoms. The first-order valence-electron chi connectivity index (χ1n) is 9.36. The van der Waals surface area contributed by atoms with Crippen LogP contribution in [0.15, 0.2) is 36.4 Å². The van der Waals surface area contributed by atoms with E-state index in [4.69, 9.17) is 39.5 Å². The Hall–Kier alpha value is -0.970. The smallest absolute Gasteiger partial charge is 0.124 e. The van der Waals surface area contributed by atoms with Crippen molar-refractivity contribution >= 4 is 34.8 Å². The lowest BCUT2D eigenvalue weighted by Crippen LogP contribution is -2.37. The topological polar surface area (TPSA) is 24.5 Å². The summed E-state index contributed by atoms with van der Waals surface area (Å²) >= 11 is 18.4. The van der Waals surface area contributed by atoms with E-state index < -0.39 is 0 Å². The fourth-order valence-electron chi connectivity index (χ4n) is 3.54. The Bertz CT molecular complexity index is 769. The number of hydrogen-bond acceptors (Lipinski definition) is 3. The molecule has 27 heavy (non-hydrogen) atoms. The average molecular weight is 428 g/mol. The molecular weight excluding hydrogens is 403 g/mol. The lowest BCUT2D eigenvalue weighted by atomic mass is 10.1. The quantitative estimate of drug-likeness (QED) is 0.576. The second-order valence-electron chi connectivity index (χ2n) is 6.83. The van der Waals surface area contributed by atoms with Crippen molar-refractivity contribution in [3.8, 4) is 5.75 Å². The van der Waals surface area contributed by atoms with Crippen LogP contribution < -0.4 is 10.1 Å². The maximum Gasteiger partial charge on any atom is 0.124 e. The predicted molar refractivity (Wildman–Crippen MR) is 114 cm³/mol. The van der Waals surface area contributed by atoms with E-state index in [9.17, 15) is 0 Å². The van der Waals surface area contributed by atoms with E-state index in [1.165, 1.54) is 19.4 Å². The number of likely N-dealkylation sites (tertiary alicyclic amines) is 1. The van der Waals surface area contributed by atoms with Crippen molar-refractivity contribution in [3.63, 3.8) is 0 Å². The lowest BCUT2D eigenvalue weighted by molar-refractivity contribution is 0.259. The Balaban J connectivity index is 1.60. The van der Waals surface area contributed by atoms with E-state index in [1.807, 2.05) is 30.3 Å². The van der Waals surface area contributed by atoms with Gasteiger partial charge in [0.05, 0.1) is 0 Å². The number of halogens is 3. The van der Waals surface area contributed by atoms with Crippen molar-refractivity contribution in [2.75, 3.05) is 19.6 Å². The molecule has 1 unspecified atom stereocenters. The van der Waals surface area contributed by atoms with E-state index in [0.717, 1.165) is 36.5 Å². The molecule has 146 valence electrons. The van der Waals surface area contributed by atoms with Gasteiger partial charge in [0.2, 0.25) is 0 Å². The van der Waals surface area contributed by atoms with E-state index in [1.54, 1.807) is 6.07 Å². The Morgan fingerprint density at radius 2 is 1.85 bits per heavy atom. The summed E-state index contributed by atoms with van der Waals surface area (Å²) in [6, 6.07) is 11.8. The first-order valence-corrected chi connectivity index (χ1v) is 10.5. The summed E-state index contributed by atoms with van der Waals surface area (Å²) in [5, 5.41) is 5.50. The molecule has 3 rings (SSSR count). The monoisotopic (exact) mass is 426 g/mol. The minimum Gasteiger partial charge on any atom is -0.489 e. The molecule has 1 aliphatic rings. The average Bonchev–Trinajstić information content (AvgIpc) is 3.10. The van der Waals surface area contributed by atoms with Crippen molar-refractivity contribution in [3.05, 3.63) is 62.6 Å². The minimum absolute atomic E-state index is 0.386. The summed E-state index contributed by atoms with van der Waals surface area (Å²) in [4.78, 5) is 2.53. The first kappa shape index (κ1) is 20.8. The number of nitrogens with zero attached hydrogens (tertiary/aromatic N) is 1. The zero-order valence-electron chi connectivity index (χ0n) is 15.5. The van der Waals surface area contributed by atoms with Gasteiger partial charge in [-0.25, -0.2) is 0 Å². The third kappa shape index (κ3) is 5.75. The van der Waals surface area contributed by atoms with Crippen molar-refractivity contribution in [1.82, 2.24) is 10.2 Å².